The molecule has 0 saturated carbocycles. The third kappa shape index (κ3) is 2.31. The molecule has 0 aliphatic carbocycles. The first-order valence-corrected chi connectivity index (χ1v) is 5.54. The number of hydrogen-bond donors (Lipinski definition) is 1. The SMILES string of the molecule is COCCN1CC[C@@H]1c1cc(N)nc(C)n1. The normalized spacial score (nSPS) is 20.8. The van der Waals surface area contributed by atoms with Gasteiger partial charge in [-0.2, -0.15) is 0 Å². The van der Waals surface area contributed by atoms with Crippen molar-refractivity contribution in [2.24, 2.45) is 0 Å². The standard InChI is InChI=1S/C11H18N4O/c1-8-13-9(7-11(12)14-8)10-3-4-15(10)5-6-16-2/h7,10H,3-6H2,1-2H3,(H2,12,13,14)/t10-/m1/s1. The number of aryl methyl sites for hydroxylation is 1. The third-order valence-electron chi connectivity index (χ3n) is 2.93. The smallest absolute Gasteiger partial charge is 0.127 e. The zero-order valence-corrected chi connectivity index (χ0v) is 9.81. The molecule has 1 aliphatic rings. The van der Waals surface area contributed by atoms with E-state index in [0.29, 0.717) is 11.9 Å². The highest BCUT2D eigenvalue weighted by Gasteiger charge is 2.30. The van der Waals surface area contributed by atoms with Gasteiger partial charge in [0.1, 0.15) is 11.6 Å². The monoisotopic (exact) mass is 222 g/mol. The number of hydrogen-bond acceptors (Lipinski definition) is 5. The molecule has 0 radical (unpaired) electrons. The van der Waals surface area contributed by atoms with Gasteiger partial charge in [0.15, 0.2) is 0 Å². The molecule has 16 heavy (non-hydrogen) atoms. The first-order valence-electron chi connectivity index (χ1n) is 5.54. The highest BCUT2D eigenvalue weighted by Crippen LogP contribution is 2.31. The lowest BCUT2D eigenvalue weighted by molar-refractivity contribution is 0.0529. The molecule has 0 unspecified atom stereocenters. The number of nitrogens with zero attached hydrogens (tertiary/aromatic N) is 3. The van der Waals surface area contributed by atoms with Crippen molar-refractivity contribution in [1.82, 2.24) is 14.9 Å². The van der Waals surface area contributed by atoms with Crippen molar-refractivity contribution in [1.29, 1.82) is 0 Å². The lowest BCUT2D eigenvalue weighted by Gasteiger charge is -2.40. The number of likely N-dealkylation sites (tertiary alicyclic amines) is 1. The summed E-state index contributed by atoms with van der Waals surface area (Å²) in [6.07, 6.45) is 1.14. The lowest BCUT2D eigenvalue weighted by atomic mass is 9.99. The molecule has 5 heteroatoms. The Morgan fingerprint density at radius 2 is 2.38 bits per heavy atom. The molecular weight excluding hydrogens is 204 g/mol. The minimum atomic E-state index is 0.388. The van der Waals surface area contributed by atoms with E-state index in [1.54, 1.807) is 7.11 Å². The van der Waals surface area contributed by atoms with Gasteiger partial charge in [-0.3, -0.25) is 4.90 Å². The quantitative estimate of drug-likeness (QED) is 0.814. The molecule has 5 nitrogen and oxygen atoms in total. The van der Waals surface area contributed by atoms with Gasteiger partial charge in [-0.25, -0.2) is 9.97 Å². The second-order valence-electron chi connectivity index (χ2n) is 4.10. The van der Waals surface area contributed by atoms with Gasteiger partial charge < -0.3 is 10.5 Å². The zero-order chi connectivity index (χ0) is 11.5. The largest absolute Gasteiger partial charge is 0.384 e. The minimum absolute atomic E-state index is 0.388. The second kappa shape index (κ2) is 4.76. The molecule has 1 saturated heterocycles. The molecule has 0 spiro atoms. The van der Waals surface area contributed by atoms with Crippen molar-refractivity contribution in [2.75, 3.05) is 32.5 Å². The van der Waals surface area contributed by atoms with Crippen molar-refractivity contribution in [3.05, 3.63) is 17.6 Å². The van der Waals surface area contributed by atoms with Crippen LogP contribution in [0.4, 0.5) is 5.82 Å². The summed E-state index contributed by atoms with van der Waals surface area (Å²) in [5.74, 6) is 1.30. The maximum atomic E-state index is 5.73. The molecule has 0 bridgehead atoms. The van der Waals surface area contributed by atoms with Crippen LogP contribution in [0.1, 0.15) is 24.0 Å². The van der Waals surface area contributed by atoms with E-state index in [-0.39, 0.29) is 0 Å². The summed E-state index contributed by atoms with van der Waals surface area (Å²) in [4.78, 5) is 10.9. The number of aromatic nitrogens is 2. The van der Waals surface area contributed by atoms with Crippen LogP contribution in [0.25, 0.3) is 0 Å². The average Bonchev–Trinajstić information content (AvgIpc) is 2.14. The second-order valence-corrected chi connectivity index (χ2v) is 4.10. The Balaban J connectivity index is 2.06. The third-order valence-corrected chi connectivity index (χ3v) is 2.93. The Morgan fingerprint density at radius 1 is 1.56 bits per heavy atom. The van der Waals surface area contributed by atoms with E-state index in [0.717, 1.165) is 37.6 Å². The Morgan fingerprint density at radius 3 is 2.94 bits per heavy atom. The van der Waals surface area contributed by atoms with Crippen molar-refractivity contribution >= 4 is 5.82 Å². The zero-order valence-electron chi connectivity index (χ0n) is 9.81. The van der Waals surface area contributed by atoms with Gasteiger partial charge in [0.25, 0.3) is 0 Å². The fourth-order valence-corrected chi connectivity index (χ4v) is 2.04. The first kappa shape index (κ1) is 11.3. The van der Waals surface area contributed by atoms with E-state index < -0.39 is 0 Å². The highest BCUT2D eigenvalue weighted by atomic mass is 16.5. The fourth-order valence-electron chi connectivity index (χ4n) is 2.04. The fraction of sp³-hybridized carbons (Fsp3) is 0.636. The van der Waals surface area contributed by atoms with Crippen LogP contribution in [-0.4, -0.2) is 41.7 Å². The van der Waals surface area contributed by atoms with Crippen molar-refractivity contribution in [2.45, 2.75) is 19.4 Å². The van der Waals surface area contributed by atoms with E-state index >= 15 is 0 Å². The van der Waals surface area contributed by atoms with E-state index in [9.17, 15) is 0 Å². The van der Waals surface area contributed by atoms with Crippen LogP contribution in [-0.2, 0) is 4.74 Å². The van der Waals surface area contributed by atoms with Crippen molar-refractivity contribution in [3.8, 4) is 0 Å². The number of rotatable bonds is 4. The summed E-state index contributed by atoms with van der Waals surface area (Å²) >= 11 is 0. The molecule has 1 aromatic heterocycles. The van der Waals surface area contributed by atoms with E-state index in [4.69, 9.17) is 10.5 Å². The summed E-state index contributed by atoms with van der Waals surface area (Å²) < 4.78 is 5.08. The Bertz CT molecular complexity index is 349. The van der Waals surface area contributed by atoms with E-state index in [1.807, 2.05) is 13.0 Å². The van der Waals surface area contributed by atoms with E-state index in [2.05, 4.69) is 14.9 Å². The molecule has 88 valence electrons. The van der Waals surface area contributed by atoms with Gasteiger partial charge in [0.05, 0.1) is 18.3 Å². The minimum Gasteiger partial charge on any atom is -0.384 e. The van der Waals surface area contributed by atoms with Gasteiger partial charge in [-0.05, 0) is 13.3 Å². The van der Waals surface area contributed by atoms with Gasteiger partial charge in [0, 0.05) is 26.3 Å². The maximum absolute atomic E-state index is 5.73. The van der Waals surface area contributed by atoms with Crippen molar-refractivity contribution < 1.29 is 4.74 Å². The number of nitrogens with two attached hydrogens (primary N) is 1. The summed E-state index contributed by atoms with van der Waals surface area (Å²) in [5, 5.41) is 0. The molecule has 2 heterocycles. The summed E-state index contributed by atoms with van der Waals surface area (Å²) in [7, 11) is 1.72. The summed E-state index contributed by atoms with van der Waals surface area (Å²) in [5.41, 5.74) is 6.76. The van der Waals surface area contributed by atoms with Crippen molar-refractivity contribution in [3.63, 3.8) is 0 Å². The maximum Gasteiger partial charge on any atom is 0.127 e. The van der Waals surface area contributed by atoms with Crippen LogP contribution in [0.5, 0.6) is 0 Å². The molecular formula is C11H18N4O. The van der Waals surface area contributed by atoms with Crippen LogP contribution in [0, 0.1) is 6.92 Å². The Hall–Kier alpha value is -1.20. The Kier molecular flexibility index (Phi) is 3.36. The Labute approximate surface area is 95.6 Å². The average molecular weight is 222 g/mol. The summed E-state index contributed by atoms with van der Waals surface area (Å²) in [6, 6.07) is 2.26. The predicted molar refractivity (Wildman–Crippen MR) is 62.0 cm³/mol. The van der Waals surface area contributed by atoms with Crippen LogP contribution < -0.4 is 5.73 Å². The molecule has 0 amide bonds. The summed E-state index contributed by atoms with van der Waals surface area (Å²) in [6.45, 7) is 4.69. The highest BCUT2D eigenvalue weighted by molar-refractivity contribution is 5.31. The van der Waals surface area contributed by atoms with Gasteiger partial charge in [-0.1, -0.05) is 0 Å². The van der Waals surface area contributed by atoms with E-state index in [1.165, 1.54) is 0 Å². The molecule has 1 fully saturated rings. The van der Waals surface area contributed by atoms with Crippen LogP contribution in [0.3, 0.4) is 0 Å². The number of anilines is 1. The van der Waals surface area contributed by atoms with Gasteiger partial charge >= 0.3 is 0 Å². The molecule has 1 aromatic rings. The molecule has 1 aliphatic heterocycles. The van der Waals surface area contributed by atoms with Crippen LogP contribution in [0.2, 0.25) is 0 Å². The van der Waals surface area contributed by atoms with Gasteiger partial charge in [-0.15, -0.1) is 0 Å². The first-order chi connectivity index (χ1) is 7.70. The number of nitrogen functional groups attached to an aromatic ring is 1. The van der Waals surface area contributed by atoms with Gasteiger partial charge in [0.2, 0.25) is 0 Å². The number of ether oxygens (including phenoxy) is 1. The predicted octanol–water partition coefficient (Wildman–Crippen LogP) is 0.760. The lowest BCUT2D eigenvalue weighted by Crippen LogP contribution is -2.43. The molecule has 1 atom stereocenters. The number of methoxy groups -OCH3 is 1. The molecule has 2 N–H and O–H groups in total. The topological polar surface area (TPSA) is 64.3 Å². The van der Waals surface area contributed by atoms with Crippen LogP contribution in [0.15, 0.2) is 6.07 Å². The molecule has 2 rings (SSSR count). The molecule has 0 aromatic carbocycles. The van der Waals surface area contributed by atoms with Crippen LogP contribution >= 0.6 is 0 Å².